The monoisotopic (exact) mass is 299 g/mol. The molecule has 0 fully saturated rings. The molecule has 3 heteroatoms. The molecule has 0 amide bonds. The topological polar surface area (TPSA) is 43.1 Å². The molecule has 23 heavy (non-hydrogen) atoms. The second-order valence-electron chi connectivity index (χ2n) is 5.50. The summed E-state index contributed by atoms with van der Waals surface area (Å²) in [5.74, 6) is 0. The minimum Gasteiger partial charge on any atom is -0.258 e. The van der Waals surface area contributed by atoms with E-state index in [0.717, 1.165) is 33.4 Å². The molecule has 0 N–H and O–H groups in total. The first-order valence-electron chi connectivity index (χ1n) is 7.39. The summed E-state index contributed by atoms with van der Waals surface area (Å²) in [7, 11) is 0. The van der Waals surface area contributed by atoms with Gasteiger partial charge in [0.25, 0.3) is 5.69 Å². The molecule has 0 saturated carbocycles. The maximum atomic E-state index is 11.1. The van der Waals surface area contributed by atoms with Gasteiger partial charge in [-0.1, -0.05) is 54.6 Å². The van der Waals surface area contributed by atoms with Crippen molar-refractivity contribution in [2.75, 3.05) is 0 Å². The van der Waals surface area contributed by atoms with Gasteiger partial charge in [-0.15, -0.1) is 0 Å². The summed E-state index contributed by atoms with van der Waals surface area (Å²) in [6.45, 7) is 0. The number of hydrogen-bond acceptors (Lipinski definition) is 2. The molecule has 0 aromatic heterocycles. The van der Waals surface area contributed by atoms with E-state index < -0.39 is 0 Å². The number of non-ortho nitro benzene ring substituents is 1. The van der Waals surface area contributed by atoms with E-state index in [1.165, 1.54) is 0 Å². The number of hydrogen-bond donors (Lipinski definition) is 0. The van der Waals surface area contributed by atoms with Crippen LogP contribution in [0.2, 0.25) is 0 Å². The molecule has 0 unspecified atom stereocenters. The molecule has 0 saturated heterocycles. The lowest BCUT2D eigenvalue weighted by Gasteiger charge is -2.03. The third-order valence-corrected chi connectivity index (χ3v) is 4.12. The van der Waals surface area contributed by atoms with Gasteiger partial charge in [-0.25, -0.2) is 0 Å². The molecule has 3 nitrogen and oxygen atoms in total. The van der Waals surface area contributed by atoms with Gasteiger partial charge in [-0.2, -0.15) is 0 Å². The third kappa shape index (κ3) is 2.23. The molecule has 3 aromatic carbocycles. The second kappa shape index (κ2) is 5.21. The summed E-state index contributed by atoms with van der Waals surface area (Å²) in [5.41, 5.74) is 6.45. The minimum absolute atomic E-state index is 0.121. The predicted molar refractivity (Wildman–Crippen MR) is 91.9 cm³/mol. The van der Waals surface area contributed by atoms with E-state index in [1.54, 1.807) is 12.1 Å². The fourth-order valence-electron chi connectivity index (χ4n) is 3.07. The molecule has 4 rings (SSSR count). The SMILES string of the molecule is O=[N+]([O-])c1ccc2c(c1)/C(=C\c1ccccc1)c1ccccc1-2. The van der Waals surface area contributed by atoms with Crippen LogP contribution in [-0.4, -0.2) is 4.92 Å². The van der Waals surface area contributed by atoms with Crippen molar-refractivity contribution in [1.82, 2.24) is 0 Å². The minimum atomic E-state index is -0.344. The van der Waals surface area contributed by atoms with Crippen molar-refractivity contribution in [1.29, 1.82) is 0 Å². The van der Waals surface area contributed by atoms with E-state index in [1.807, 2.05) is 48.5 Å². The Labute approximate surface area is 133 Å². The average molecular weight is 299 g/mol. The van der Waals surface area contributed by atoms with Crippen LogP contribution in [0.4, 0.5) is 5.69 Å². The predicted octanol–water partition coefficient (Wildman–Crippen LogP) is 5.16. The van der Waals surface area contributed by atoms with Crippen LogP contribution < -0.4 is 0 Å². The standard InChI is InChI=1S/C20H13NO2/c22-21(23)15-10-11-18-16-8-4-5-9-17(16)19(20(18)13-15)12-14-6-2-1-3-7-14/h1-13H/b19-12-. The van der Waals surface area contributed by atoms with Crippen molar-refractivity contribution in [3.8, 4) is 11.1 Å². The van der Waals surface area contributed by atoms with Crippen LogP contribution in [0.5, 0.6) is 0 Å². The lowest BCUT2D eigenvalue weighted by molar-refractivity contribution is -0.384. The molecular formula is C20H13NO2. The Morgan fingerprint density at radius 3 is 2.13 bits per heavy atom. The van der Waals surface area contributed by atoms with Gasteiger partial charge in [0.2, 0.25) is 0 Å². The quantitative estimate of drug-likeness (QED) is 0.379. The van der Waals surface area contributed by atoms with Crippen LogP contribution in [0.1, 0.15) is 16.7 Å². The normalized spacial score (nSPS) is 13.7. The van der Waals surface area contributed by atoms with Gasteiger partial charge in [-0.3, -0.25) is 10.1 Å². The fraction of sp³-hybridized carbons (Fsp3) is 0. The van der Waals surface area contributed by atoms with Crippen molar-refractivity contribution >= 4 is 17.3 Å². The Balaban J connectivity index is 1.98. The summed E-state index contributed by atoms with van der Waals surface area (Å²) in [6.07, 6.45) is 2.09. The van der Waals surface area contributed by atoms with Crippen LogP contribution in [0, 0.1) is 10.1 Å². The molecule has 3 aromatic rings. The molecule has 1 aliphatic carbocycles. The van der Waals surface area contributed by atoms with E-state index in [-0.39, 0.29) is 10.6 Å². The van der Waals surface area contributed by atoms with Crippen LogP contribution in [0.25, 0.3) is 22.8 Å². The summed E-state index contributed by atoms with van der Waals surface area (Å²) >= 11 is 0. The van der Waals surface area contributed by atoms with Gasteiger partial charge in [0.15, 0.2) is 0 Å². The molecular weight excluding hydrogens is 286 g/mol. The van der Waals surface area contributed by atoms with Crippen molar-refractivity contribution in [2.24, 2.45) is 0 Å². The third-order valence-electron chi connectivity index (χ3n) is 4.12. The van der Waals surface area contributed by atoms with Crippen LogP contribution >= 0.6 is 0 Å². The number of nitro benzene ring substituents is 1. The first-order valence-corrected chi connectivity index (χ1v) is 7.39. The second-order valence-corrected chi connectivity index (χ2v) is 5.50. The number of rotatable bonds is 2. The number of nitrogens with zero attached hydrogens (tertiary/aromatic N) is 1. The van der Waals surface area contributed by atoms with E-state index in [9.17, 15) is 10.1 Å². The van der Waals surface area contributed by atoms with Crippen molar-refractivity contribution in [2.45, 2.75) is 0 Å². The van der Waals surface area contributed by atoms with E-state index in [4.69, 9.17) is 0 Å². The first kappa shape index (κ1) is 13.5. The van der Waals surface area contributed by atoms with Gasteiger partial charge in [0.05, 0.1) is 4.92 Å². The number of benzene rings is 3. The highest BCUT2D eigenvalue weighted by Gasteiger charge is 2.25. The molecule has 0 aliphatic heterocycles. The van der Waals surface area contributed by atoms with Gasteiger partial charge >= 0.3 is 0 Å². The lowest BCUT2D eigenvalue weighted by atomic mass is 10.0. The molecule has 1 aliphatic rings. The Morgan fingerprint density at radius 2 is 1.39 bits per heavy atom. The highest BCUT2D eigenvalue weighted by molar-refractivity contribution is 6.06. The molecule has 0 heterocycles. The van der Waals surface area contributed by atoms with Crippen LogP contribution in [0.15, 0.2) is 72.8 Å². The van der Waals surface area contributed by atoms with E-state index >= 15 is 0 Å². The zero-order chi connectivity index (χ0) is 15.8. The molecule has 110 valence electrons. The zero-order valence-electron chi connectivity index (χ0n) is 12.3. The summed E-state index contributed by atoms with van der Waals surface area (Å²) in [6, 6.07) is 23.2. The van der Waals surface area contributed by atoms with Crippen LogP contribution in [-0.2, 0) is 0 Å². The summed E-state index contributed by atoms with van der Waals surface area (Å²) in [5, 5.41) is 11.1. The molecule has 0 bridgehead atoms. The lowest BCUT2D eigenvalue weighted by Crippen LogP contribution is -1.89. The number of nitro groups is 1. The summed E-state index contributed by atoms with van der Waals surface area (Å²) in [4.78, 5) is 10.8. The van der Waals surface area contributed by atoms with Gasteiger partial charge in [-0.05, 0) is 45.5 Å². The van der Waals surface area contributed by atoms with Crippen molar-refractivity contribution in [3.05, 3.63) is 99.6 Å². The van der Waals surface area contributed by atoms with Crippen molar-refractivity contribution < 1.29 is 4.92 Å². The largest absolute Gasteiger partial charge is 0.270 e. The first-order chi connectivity index (χ1) is 11.2. The zero-order valence-corrected chi connectivity index (χ0v) is 12.3. The fourth-order valence-corrected chi connectivity index (χ4v) is 3.07. The Kier molecular flexibility index (Phi) is 3.05. The van der Waals surface area contributed by atoms with Crippen molar-refractivity contribution in [3.63, 3.8) is 0 Å². The Hall–Kier alpha value is -3.20. The van der Waals surface area contributed by atoms with E-state index in [2.05, 4.69) is 18.2 Å². The molecule has 0 radical (unpaired) electrons. The maximum absolute atomic E-state index is 11.1. The van der Waals surface area contributed by atoms with E-state index in [0.29, 0.717) is 0 Å². The highest BCUT2D eigenvalue weighted by atomic mass is 16.6. The van der Waals surface area contributed by atoms with Gasteiger partial charge < -0.3 is 0 Å². The van der Waals surface area contributed by atoms with Gasteiger partial charge in [0, 0.05) is 12.1 Å². The highest BCUT2D eigenvalue weighted by Crippen LogP contribution is 2.45. The summed E-state index contributed by atoms with van der Waals surface area (Å²) < 4.78 is 0. The Bertz CT molecular complexity index is 943. The number of fused-ring (bicyclic) bond motifs is 3. The van der Waals surface area contributed by atoms with Gasteiger partial charge in [0.1, 0.15) is 0 Å². The average Bonchev–Trinajstić information content (AvgIpc) is 2.90. The maximum Gasteiger partial charge on any atom is 0.270 e. The molecule has 0 spiro atoms. The smallest absolute Gasteiger partial charge is 0.258 e. The van der Waals surface area contributed by atoms with Crippen LogP contribution in [0.3, 0.4) is 0 Å². The Morgan fingerprint density at radius 1 is 0.739 bits per heavy atom. The molecule has 0 atom stereocenters.